The van der Waals surface area contributed by atoms with Gasteiger partial charge in [0.15, 0.2) is 17.6 Å². The third kappa shape index (κ3) is 4.37. The fraction of sp³-hybridized carbons (Fsp3) is 0.538. The van der Waals surface area contributed by atoms with Crippen LogP contribution in [0.2, 0.25) is 0 Å². The first-order valence-electron chi connectivity index (χ1n) is 12.3. The van der Waals surface area contributed by atoms with Gasteiger partial charge in [0.05, 0.1) is 30.3 Å². The van der Waals surface area contributed by atoms with Crippen LogP contribution >= 0.6 is 0 Å². The number of piperidine rings is 1. The Morgan fingerprint density at radius 2 is 1.89 bits per heavy atom. The predicted molar refractivity (Wildman–Crippen MR) is 128 cm³/mol. The van der Waals surface area contributed by atoms with Gasteiger partial charge in [-0.2, -0.15) is 0 Å². The van der Waals surface area contributed by atoms with Crippen molar-refractivity contribution in [2.45, 2.75) is 75.2 Å². The van der Waals surface area contributed by atoms with Crippen LogP contribution in [-0.2, 0) is 34.1 Å². The zero-order valence-corrected chi connectivity index (χ0v) is 21.3. The van der Waals surface area contributed by atoms with Gasteiger partial charge in [-0.25, -0.2) is 4.79 Å². The summed E-state index contributed by atoms with van der Waals surface area (Å²) in [4.78, 5) is 49.2. The van der Waals surface area contributed by atoms with E-state index in [0.717, 1.165) is 5.56 Å². The van der Waals surface area contributed by atoms with Crippen molar-refractivity contribution in [2.75, 3.05) is 13.6 Å². The van der Waals surface area contributed by atoms with Crippen molar-refractivity contribution in [1.82, 2.24) is 4.90 Å². The van der Waals surface area contributed by atoms with Crippen molar-refractivity contribution in [3.63, 3.8) is 0 Å². The molecule has 0 radical (unpaired) electrons. The van der Waals surface area contributed by atoms with E-state index in [9.17, 15) is 34.5 Å². The van der Waals surface area contributed by atoms with Gasteiger partial charge in [-0.1, -0.05) is 6.07 Å². The van der Waals surface area contributed by atoms with Gasteiger partial charge < -0.3 is 39.5 Å². The first kappa shape index (κ1) is 27.4. The molecule has 206 valence electrons. The highest BCUT2D eigenvalue weighted by Crippen LogP contribution is 2.62. The van der Waals surface area contributed by atoms with Crippen molar-refractivity contribution in [3.05, 3.63) is 35.1 Å². The molecule has 1 saturated heterocycles. The van der Waals surface area contributed by atoms with Gasteiger partial charge >= 0.3 is 23.9 Å². The molecule has 1 spiro atoms. The second-order valence-electron chi connectivity index (χ2n) is 10.1. The van der Waals surface area contributed by atoms with Crippen molar-refractivity contribution in [1.29, 1.82) is 0 Å². The average Bonchev–Trinajstić information content (AvgIpc) is 3.21. The van der Waals surface area contributed by atoms with Crippen molar-refractivity contribution in [3.8, 4) is 11.5 Å². The van der Waals surface area contributed by atoms with Crippen LogP contribution in [-0.4, -0.2) is 86.6 Å². The number of carboxylic acids is 2. The molecule has 1 aromatic rings. The summed E-state index contributed by atoms with van der Waals surface area (Å²) < 4.78 is 16.7. The summed E-state index contributed by atoms with van der Waals surface area (Å²) in [6.45, 7) is 4.30. The number of carboxylic acid groups (broad SMARTS) is 2. The van der Waals surface area contributed by atoms with Crippen LogP contribution < -0.4 is 4.74 Å². The lowest BCUT2D eigenvalue weighted by atomic mass is 9.54. The second-order valence-corrected chi connectivity index (χ2v) is 10.1. The van der Waals surface area contributed by atoms with Gasteiger partial charge in [0, 0.05) is 18.0 Å². The van der Waals surface area contributed by atoms with Gasteiger partial charge in [0.1, 0.15) is 5.76 Å². The summed E-state index contributed by atoms with van der Waals surface area (Å²) in [6, 6.07) is 2.87. The molecule has 0 amide bonds. The number of carbonyl (C=O) groups is 4. The molecule has 4 rings (SSSR count). The van der Waals surface area contributed by atoms with E-state index in [1.54, 1.807) is 6.07 Å². The maximum Gasteiger partial charge on any atom is 0.353 e. The van der Waals surface area contributed by atoms with E-state index >= 15 is 0 Å². The number of phenolic OH excluding ortho intramolecular Hbond substituents is 1. The number of likely N-dealkylation sites (N-methyl/N-ethyl adjacent to an activating group) is 1. The van der Waals surface area contributed by atoms with Crippen molar-refractivity contribution < 1.29 is 53.8 Å². The number of fused-ring (bicyclic) bond motifs is 1. The van der Waals surface area contributed by atoms with Gasteiger partial charge in [0.25, 0.3) is 0 Å². The van der Waals surface area contributed by atoms with Gasteiger partial charge in [-0.3, -0.25) is 14.4 Å². The highest BCUT2D eigenvalue weighted by atomic mass is 16.6. The van der Waals surface area contributed by atoms with Crippen molar-refractivity contribution in [2.24, 2.45) is 0 Å². The third-order valence-electron chi connectivity index (χ3n) is 7.99. The van der Waals surface area contributed by atoms with Crippen LogP contribution in [0.15, 0.2) is 24.0 Å². The molecular weight excluding hydrogens is 502 g/mol. The van der Waals surface area contributed by atoms with Crippen molar-refractivity contribution >= 4 is 23.9 Å². The highest BCUT2D eigenvalue weighted by molar-refractivity contribution is 5.85. The molecule has 1 fully saturated rings. The molecule has 2 aliphatic heterocycles. The topological polar surface area (TPSA) is 180 Å². The molecule has 0 aromatic heterocycles. The van der Waals surface area contributed by atoms with Gasteiger partial charge in [-0.05, 0) is 51.6 Å². The minimum atomic E-state index is -1.83. The molecule has 0 bridgehead atoms. The molecule has 2 heterocycles. The van der Waals surface area contributed by atoms with Crippen LogP contribution in [0.5, 0.6) is 11.5 Å². The number of ether oxygens (including phenoxy) is 3. The molecule has 3 aliphatic rings. The zero-order chi connectivity index (χ0) is 28.0. The lowest BCUT2D eigenvalue weighted by molar-refractivity contribution is -0.175. The number of likely N-dealkylation sites (tertiary alicyclic amines) is 1. The largest absolute Gasteiger partial charge is 0.504 e. The monoisotopic (exact) mass is 533 g/mol. The number of aliphatic hydroxyl groups is 1. The van der Waals surface area contributed by atoms with Crippen LogP contribution in [0.4, 0.5) is 0 Å². The lowest BCUT2D eigenvalue weighted by Crippen LogP contribution is -2.71. The fourth-order valence-electron chi connectivity index (χ4n) is 5.95. The molecule has 12 nitrogen and oxygen atoms in total. The minimum absolute atomic E-state index is 0.00315. The molecule has 5 atom stereocenters. The van der Waals surface area contributed by atoms with E-state index in [1.807, 2.05) is 25.8 Å². The third-order valence-corrected chi connectivity index (χ3v) is 7.99. The Balaban J connectivity index is 1.69. The number of benzene rings is 1. The smallest absolute Gasteiger partial charge is 0.353 e. The number of aliphatic carboxylic acids is 2. The first-order chi connectivity index (χ1) is 17.8. The maximum absolute atomic E-state index is 13.1. The summed E-state index contributed by atoms with van der Waals surface area (Å²) >= 11 is 0. The number of esters is 2. The Bertz CT molecular complexity index is 1210. The Kier molecular flexibility index (Phi) is 7.15. The SMILES string of the molecule is Cc1ccc(O)c2c1C13CCN(C)C(C)C1(O)CC=C(OC(=O)C(CC(=O)O)OC(=O)CCC(=O)O)C3O2. The zero-order valence-electron chi connectivity index (χ0n) is 21.3. The number of hydrogen-bond acceptors (Lipinski definition) is 10. The van der Waals surface area contributed by atoms with E-state index in [0.29, 0.717) is 18.5 Å². The maximum atomic E-state index is 13.1. The number of phenols is 1. The first-order valence-corrected chi connectivity index (χ1v) is 12.3. The molecule has 38 heavy (non-hydrogen) atoms. The molecular formula is C26H31NO11. The van der Waals surface area contributed by atoms with Crippen LogP contribution in [0, 0.1) is 6.92 Å². The fourth-order valence-corrected chi connectivity index (χ4v) is 5.95. The Morgan fingerprint density at radius 3 is 2.55 bits per heavy atom. The normalized spacial score (nSPS) is 28.6. The highest BCUT2D eigenvalue weighted by Gasteiger charge is 2.69. The standard InChI is InChI=1S/C26H31NO11/c1-13-4-5-15(28)22-21(13)25-10-11-27(3)14(2)26(25,35)9-8-16(23(25)38-22)37-24(34)17(12-19(31)32)36-20(33)7-6-18(29)30/h4-5,8,14,17,23,28,35H,6-7,9-12H2,1-3H3,(H,29,30)(H,31,32). The molecule has 5 unspecified atom stereocenters. The van der Waals surface area contributed by atoms with Gasteiger partial charge in [0.2, 0.25) is 6.10 Å². The summed E-state index contributed by atoms with van der Waals surface area (Å²) in [7, 11) is 1.89. The van der Waals surface area contributed by atoms with E-state index < -0.39 is 66.4 Å². The number of rotatable bonds is 8. The van der Waals surface area contributed by atoms with Crippen LogP contribution in [0.25, 0.3) is 0 Å². The number of aryl methyl sites for hydroxylation is 1. The molecule has 1 aliphatic carbocycles. The lowest BCUT2D eigenvalue weighted by Gasteiger charge is -2.58. The Labute approximate surface area is 218 Å². The summed E-state index contributed by atoms with van der Waals surface area (Å²) in [5.41, 5.74) is -1.07. The summed E-state index contributed by atoms with van der Waals surface area (Å²) in [6.07, 6.45) is -2.89. The van der Waals surface area contributed by atoms with E-state index in [1.165, 1.54) is 12.1 Å². The minimum Gasteiger partial charge on any atom is -0.504 e. The number of nitrogens with zero attached hydrogens (tertiary/aromatic N) is 1. The predicted octanol–water partition coefficient (Wildman–Crippen LogP) is 1.24. The summed E-state index contributed by atoms with van der Waals surface area (Å²) in [5.74, 6) is -4.88. The Morgan fingerprint density at radius 1 is 1.18 bits per heavy atom. The summed E-state index contributed by atoms with van der Waals surface area (Å²) in [5, 5.41) is 40.8. The number of aromatic hydroxyl groups is 1. The average molecular weight is 534 g/mol. The van der Waals surface area contributed by atoms with E-state index in [-0.39, 0.29) is 29.7 Å². The molecule has 12 heteroatoms. The molecule has 1 aromatic carbocycles. The number of carbonyl (C=O) groups excluding carboxylic acids is 2. The van der Waals surface area contributed by atoms with E-state index in [4.69, 9.17) is 19.3 Å². The second kappa shape index (κ2) is 9.91. The van der Waals surface area contributed by atoms with Crippen LogP contribution in [0.3, 0.4) is 0 Å². The quantitative estimate of drug-likeness (QED) is 0.352. The van der Waals surface area contributed by atoms with Gasteiger partial charge in [-0.15, -0.1) is 0 Å². The molecule has 4 N–H and O–H groups in total. The van der Waals surface area contributed by atoms with E-state index in [2.05, 4.69) is 0 Å². The molecule has 0 saturated carbocycles. The van der Waals surface area contributed by atoms with Crippen LogP contribution in [0.1, 0.15) is 50.2 Å². The number of hydrogen-bond donors (Lipinski definition) is 4. The Hall–Kier alpha value is -3.64.